The number of methoxy groups -OCH3 is 1. The van der Waals surface area contributed by atoms with Crippen molar-refractivity contribution in [3.05, 3.63) is 0 Å². The van der Waals surface area contributed by atoms with E-state index in [-0.39, 0.29) is 5.97 Å². The van der Waals surface area contributed by atoms with Gasteiger partial charge >= 0.3 is 5.97 Å². The Morgan fingerprint density at radius 2 is 1.19 bits per heavy atom. The summed E-state index contributed by atoms with van der Waals surface area (Å²) < 4.78 is 4.68. The van der Waals surface area contributed by atoms with Crippen LogP contribution in [-0.4, -0.2) is 35.1 Å². The van der Waals surface area contributed by atoms with Crippen molar-refractivity contribution >= 4 is 29.5 Å². The van der Waals surface area contributed by atoms with Crippen molar-refractivity contribution in [2.75, 3.05) is 18.6 Å². The van der Waals surface area contributed by atoms with Gasteiger partial charge in [0, 0.05) is 16.9 Å². The summed E-state index contributed by atoms with van der Waals surface area (Å²) in [5, 5.41) is 1.75. The van der Waals surface area contributed by atoms with Crippen LogP contribution >= 0.6 is 23.5 Å². The summed E-state index contributed by atoms with van der Waals surface area (Å²) in [7, 11) is 1.47. The molecule has 0 saturated carbocycles. The highest BCUT2D eigenvalue weighted by Crippen LogP contribution is 2.28. The van der Waals surface area contributed by atoms with Crippen molar-refractivity contribution in [1.29, 1.82) is 0 Å². The molecule has 0 aliphatic rings. The maximum atomic E-state index is 11.1. The van der Waals surface area contributed by atoms with Crippen LogP contribution < -0.4 is 0 Å². The lowest BCUT2D eigenvalue weighted by atomic mass is 10.0. The number of ether oxygens (including phenoxy) is 1. The highest BCUT2D eigenvalue weighted by atomic mass is 32.2. The third kappa shape index (κ3) is 18.0. The van der Waals surface area contributed by atoms with Crippen molar-refractivity contribution in [2.24, 2.45) is 0 Å². The summed E-state index contributed by atoms with van der Waals surface area (Å²) in [5.74, 6) is 2.45. The molecule has 0 rings (SSSR count). The first kappa shape index (κ1) is 27.2. The van der Waals surface area contributed by atoms with Gasteiger partial charge in [0.1, 0.15) is 0 Å². The molecule has 2 unspecified atom stereocenters. The molecule has 162 valence electrons. The second-order valence-electron chi connectivity index (χ2n) is 7.46. The molecule has 0 bridgehead atoms. The zero-order valence-electron chi connectivity index (χ0n) is 18.6. The lowest BCUT2D eigenvalue weighted by molar-refractivity contribution is -0.140. The van der Waals surface area contributed by atoms with E-state index >= 15 is 0 Å². The highest BCUT2D eigenvalue weighted by Gasteiger charge is 2.13. The molecular formula is C23H46O2S2. The van der Waals surface area contributed by atoms with Crippen molar-refractivity contribution in [1.82, 2.24) is 0 Å². The van der Waals surface area contributed by atoms with Crippen LogP contribution in [0.15, 0.2) is 0 Å². The number of unbranched alkanes of at least 4 members (excludes halogenated alkanes) is 7. The lowest BCUT2D eigenvalue weighted by Crippen LogP contribution is -2.10. The second kappa shape index (κ2) is 20.9. The number of esters is 1. The highest BCUT2D eigenvalue weighted by molar-refractivity contribution is 8.00. The van der Waals surface area contributed by atoms with Crippen LogP contribution in [0.3, 0.4) is 0 Å². The molecule has 0 saturated heterocycles. The standard InChI is InChI=1S/C23H46O2S2/c1-5-8-13-16-21(26-6-2)19-20-22(27-7-3)17-14-11-9-10-12-15-18-23(24)25-4/h21-22H,5-20H2,1-4H3. The number of rotatable bonds is 20. The maximum absolute atomic E-state index is 11.1. The van der Waals surface area contributed by atoms with E-state index in [1.165, 1.54) is 89.2 Å². The van der Waals surface area contributed by atoms with Gasteiger partial charge in [-0.2, -0.15) is 23.5 Å². The molecule has 0 aromatic carbocycles. The average Bonchev–Trinajstić information content (AvgIpc) is 2.67. The van der Waals surface area contributed by atoms with Gasteiger partial charge in [-0.15, -0.1) is 0 Å². The lowest BCUT2D eigenvalue weighted by Gasteiger charge is -2.20. The fourth-order valence-corrected chi connectivity index (χ4v) is 5.75. The van der Waals surface area contributed by atoms with E-state index in [0.717, 1.165) is 23.3 Å². The molecule has 0 fully saturated rings. The fraction of sp³-hybridized carbons (Fsp3) is 0.957. The summed E-state index contributed by atoms with van der Waals surface area (Å²) in [4.78, 5) is 11.1. The minimum absolute atomic E-state index is 0.0660. The van der Waals surface area contributed by atoms with Gasteiger partial charge in [0.2, 0.25) is 0 Å². The number of hydrogen-bond acceptors (Lipinski definition) is 4. The summed E-state index contributed by atoms with van der Waals surface area (Å²) >= 11 is 4.37. The normalized spacial score (nSPS) is 13.5. The van der Waals surface area contributed by atoms with Gasteiger partial charge in [-0.25, -0.2) is 0 Å². The number of carbonyl (C=O) groups is 1. The molecule has 0 radical (unpaired) electrons. The first-order valence-electron chi connectivity index (χ1n) is 11.5. The topological polar surface area (TPSA) is 26.3 Å². The van der Waals surface area contributed by atoms with E-state index in [1.54, 1.807) is 0 Å². The molecule has 27 heavy (non-hydrogen) atoms. The van der Waals surface area contributed by atoms with E-state index in [1.807, 2.05) is 0 Å². The second-order valence-corrected chi connectivity index (χ2v) is 10.6. The molecule has 0 aliphatic heterocycles. The quantitative estimate of drug-likeness (QED) is 0.148. The molecule has 0 aromatic heterocycles. The molecular weight excluding hydrogens is 372 g/mol. The van der Waals surface area contributed by atoms with E-state index in [9.17, 15) is 4.79 Å². The summed E-state index contributed by atoms with van der Waals surface area (Å²) in [6.07, 6.45) is 17.8. The van der Waals surface area contributed by atoms with Crippen LogP contribution in [0.4, 0.5) is 0 Å². The Morgan fingerprint density at radius 1 is 0.704 bits per heavy atom. The third-order valence-electron chi connectivity index (χ3n) is 5.13. The Labute approximate surface area is 178 Å². The van der Waals surface area contributed by atoms with Gasteiger partial charge < -0.3 is 4.74 Å². The van der Waals surface area contributed by atoms with Crippen LogP contribution in [0.5, 0.6) is 0 Å². The van der Waals surface area contributed by atoms with Gasteiger partial charge in [-0.1, -0.05) is 72.1 Å². The van der Waals surface area contributed by atoms with E-state index in [4.69, 9.17) is 0 Å². The smallest absolute Gasteiger partial charge is 0.305 e. The molecule has 4 heteroatoms. The molecule has 0 N–H and O–H groups in total. The predicted octanol–water partition coefficient (Wildman–Crippen LogP) is 7.88. The number of hydrogen-bond donors (Lipinski definition) is 0. The van der Waals surface area contributed by atoms with E-state index in [0.29, 0.717) is 6.42 Å². The predicted molar refractivity (Wildman–Crippen MR) is 126 cm³/mol. The van der Waals surface area contributed by atoms with Gasteiger partial charge in [0.15, 0.2) is 0 Å². The molecule has 0 spiro atoms. The van der Waals surface area contributed by atoms with Crippen molar-refractivity contribution < 1.29 is 9.53 Å². The number of thioether (sulfide) groups is 2. The Bertz CT molecular complexity index is 324. The minimum atomic E-state index is -0.0660. The summed E-state index contributed by atoms with van der Waals surface area (Å²) in [5.41, 5.74) is 0. The largest absolute Gasteiger partial charge is 0.469 e. The fourth-order valence-electron chi connectivity index (χ4n) is 3.54. The first-order chi connectivity index (χ1) is 13.2. The minimum Gasteiger partial charge on any atom is -0.469 e. The van der Waals surface area contributed by atoms with Crippen LogP contribution in [-0.2, 0) is 9.53 Å². The molecule has 2 nitrogen and oxygen atoms in total. The van der Waals surface area contributed by atoms with Crippen LogP contribution in [0, 0.1) is 0 Å². The molecule has 0 heterocycles. The first-order valence-corrected chi connectivity index (χ1v) is 13.6. The molecule has 0 amide bonds. The van der Waals surface area contributed by atoms with Crippen LogP contribution in [0.1, 0.15) is 111 Å². The maximum Gasteiger partial charge on any atom is 0.305 e. The van der Waals surface area contributed by atoms with Crippen LogP contribution in [0.2, 0.25) is 0 Å². The summed E-state index contributed by atoms with van der Waals surface area (Å²) in [6, 6.07) is 0. The van der Waals surface area contributed by atoms with Crippen molar-refractivity contribution in [2.45, 2.75) is 121 Å². The number of carbonyl (C=O) groups excluding carboxylic acids is 1. The van der Waals surface area contributed by atoms with Crippen molar-refractivity contribution in [3.63, 3.8) is 0 Å². The third-order valence-corrected chi connectivity index (χ3v) is 7.68. The Hall–Kier alpha value is 0.170. The molecule has 0 aromatic rings. The Balaban J connectivity index is 3.85. The monoisotopic (exact) mass is 418 g/mol. The SMILES string of the molecule is CCCCCC(CCC(CCCCCCCCC(=O)OC)SCC)SCC. The van der Waals surface area contributed by atoms with Crippen LogP contribution in [0.25, 0.3) is 0 Å². The van der Waals surface area contributed by atoms with Gasteiger partial charge in [-0.05, 0) is 43.6 Å². The Kier molecular flexibility index (Phi) is 21.0. The van der Waals surface area contributed by atoms with Gasteiger partial charge in [0.05, 0.1) is 7.11 Å². The van der Waals surface area contributed by atoms with Gasteiger partial charge in [0.25, 0.3) is 0 Å². The van der Waals surface area contributed by atoms with E-state index < -0.39 is 0 Å². The van der Waals surface area contributed by atoms with Crippen molar-refractivity contribution in [3.8, 4) is 0 Å². The zero-order chi connectivity index (χ0) is 20.2. The van der Waals surface area contributed by atoms with E-state index in [2.05, 4.69) is 49.0 Å². The average molecular weight is 419 g/mol. The Morgan fingerprint density at radius 3 is 1.67 bits per heavy atom. The summed E-state index contributed by atoms with van der Waals surface area (Å²) in [6.45, 7) is 6.91. The van der Waals surface area contributed by atoms with Gasteiger partial charge in [-0.3, -0.25) is 4.79 Å². The molecule has 2 atom stereocenters. The molecule has 0 aliphatic carbocycles. The zero-order valence-corrected chi connectivity index (χ0v) is 20.2.